The lowest BCUT2D eigenvalue weighted by atomic mass is 9.94. The molecule has 5 nitrogen and oxygen atoms in total. The van der Waals surface area contributed by atoms with Gasteiger partial charge in [0.15, 0.2) is 11.6 Å². The van der Waals surface area contributed by atoms with E-state index in [1.807, 2.05) is 60.7 Å². The Morgan fingerprint density at radius 1 is 0.310 bits per heavy atom. The number of para-hydroxylation sites is 1. The third-order valence-corrected chi connectivity index (χ3v) is 11.5. The van der Waals surface area contributed by atoms with E-state index < -0.39 is 0 Å². The molecule has 0 saturated heterocycles. The number of fused-ring (bicyclic) bond motifs is 3. The van der Waals surface area contributed by atoms with E-state index in [1.54, 1.807) is 0 Å². The van der Waals surface area contributed by atoms with Crippen LogP contribution in [0.15, 0.2) is 200 Å². The number of rotatable bonds is 6. The van der Waals surface area contributed by atoms with Crippen LogP contribution in [0.2, 0.25) is 0 Å². The van der Waals surface area contributed by atoms with Crippen LogP contribution in [0.25, 0.3) is 111 Å². The van der Waals surface area contributed by atoms with Crippen LogP contribution >= 0.6 is 0 Å². The summed E-state index contributed by atoms with van der Waals surface area (Å²) in [5.41, 5.74) is 12.3. The minimum atomic E-state index is 0.586. The van der Waals surface area contributed by atoms with Crippen molar-refractivity contribution in [2.24, 2.45) is 0 Å². The summed E-state index contributed by atoms with van der Waals surface area (Å²) in [4.78, 5) is 15.2. The van der Waals surface area contributed by atoms with Gasteiger partial charge in [-0.3, -0.25) is 4.57 Å². The van der Waals surface area contributed by atoms with Crippen LogP contribution in [-0.4, -0.2) is 24.1 Å². The van der Waals surface area contributed by atoms with Gasteiger partial charge < -0.3 is 4.57 Å². The Bertz CT molecular complexity index is 3440. The molecule has 12 aromatic rings. The van der Waals surface area contributed by atoms with Crippen molar-refractivity contribution < 1.29 is 0 Å². The molecule has 0 N–H and O–H groups in total. The highest BCUT2D eigenvalue weighted by Crippen LogP contribution is 2.44. The van der Waals surface area contributed by atoms with Crippen LogP contribution in [0.5, 0.6) is 0 Å². The first-order valence-electron chi connectivity index (χ1n) is 19.6. The van der Waals surface area contributed by atoms with Gasteiger partial charge in [-0.15, -0.1) is 0 Å². The molecular formula is C53H33N5. The molecule has 12 rings (SSSR count). The van der Waals surface area contributed by atoms with Gasteiger partial charge in [-0.25, -0.2) is 4.98 Å². The smallest absolute Gasteiger partial charge is 0.238 e. The Balaban J connectivity index is 1.06. The van der Waals surface area contributed by atoms with Crippen molar-refractivity contribution in [1.82, 2.24) is 24.1 Å². The van der Waals surface area contributed by atoms with Crippen molar-refractivity contribution in [2.75, 3.05) is 0 Å². The highest BCUT2D eigenvalue weighted by molar-refractivity contribution is 6.27. The van der Waals surface area contributed by atoms with Gasteiger partial charge >= 0.3 is 0 Å². The number of hydrogen-bond acceptors (Lipinski definition) is 3. The molecule has 0 aliphatic heterocycles. The van der Waals surface area contributed by atoms with Crippen LogP contribution in [0, 0.1) is 0 Å². The third-order valence-electron chi connectivity index (χ3n) is 11.5. The monoisotopic (exact) mass is 739 g/mol. The maximum absolute atomic E-state index is 5.13. The molecule has 0 aliphatic rings. The van der Waals surface area contributed by atoms with Gasteiger partial charge in [0.05, 0.1) is 22.1 Å². The SMILES string of the molecule is c1ccc(-c2cccc(-n3c4cccc5ccc6c(-c7ccc8c(c7)c7ccccc7n8-c7nc(-c8ccccc8)nc(-c8ccccc8)n7)ccc3c6c54)c2)cc1. The first-order valence-corrected chi connectivity index (χ1v) is 19.6. The number of aromatic nitrogens is 5. The molecule has 0 fully saturated rings. The molecule has 9 aromatic carbocycles. The van der Waals surface area contributed by atoms with Gasteiger partial charge in [-0.2, -0.15) is 9.97 Å². The van der Waals surface area contributed by atoms with E-state index in [0.29, 0.717) is 17.6 Å². The molecule has 0 radical (unpaired) electrons. The van der Waals surface area contributed by atoms with Crippen LogP contribution < -0.4 is 0 Å². The number of nitrogens with zero attached hydrogens (tertiary/aromatic N) is 5. The Morgan fingerprint density at radius 2 is 0.914 bits per heavy atom. The van der Waals surface area contributed by atoms with E-state index in [0.717, 1.165) is 44.2 Å². The van der Waals surface area contributed by atoms with Crippen LogP contribution in [-0.2, 0) is 0 Å². The fourth-order valence-corrected chi connectivity index (χ4v) is 8.93. The average molecular weight is 740 g/mol. The van der Waals surface area contributed by atoms with Crippen LogP contribution in [0.4, 0.5) is 0 Å². The lowest BCUT2D eigenvalue weighted by molar-refractivity contribution is 0.953. The minimum Gasteiger partial charge on any atom is -0.309 e. The van der Waals surface area contributed by atoms with Crippen LogP contribution in [0.3, 0.4) is 0 Å². The topological polar surface area (TPSA) is 48.5 Å². The van der Waals surface area contributed by atoms with E-state index in [1.165, 1.54) is 49.3 Å². The maximum Gasteiger partial charge on any atom is 0.238 e. The van der Waals surface area contributed by atoms with Crippen molar-refractivity contribution in [2.45, 2.75) is 0 Å². The first-order chi connectivity index (χ1) is 28.8. The summed E-state index contributed by atoms with van der Waals surface area (Å²) in [7, 11) is 0. The largest absolute Gasteiger partial charge is 0.309 e. The minimum absolute atomic E-state index is 0.586. The summed E-state index contributed by atoms with van der Waals surface area (Å²) in [5.74, 6) is 1.86. The molecule has 270 valence electrons. The summed E-state index contributed by atoms with van der Waals surface area (Å²) < 4.78 is 4.62. The predicted octanol–water partition coefficient (Wildman–Crippen LogP) is 13.3. The lowest BCUT2D eigenvalue weighted by Gasteiger charge is -2.12. The van der Waals surface area contributed by atoms with Crippen molar-refractivity contribution >= 4 is 54.4 Å². The van der Waals surface area contributed by atoms with Crippen molar-refractivity contribution in [3.63, 3.8) is 0 Å². The second-order valence-electron chi connectivity index (χ2n) is 14.8. The molecule has 0 unspecified atom stereocenters. The molecule has 5 heteroatoms. The molecule has 0 spiro atoms. The van der Waals surface area contributed by atoms with E-state index in [-0.39, 0.29) is 0 Å². The fraction of sp³-hybridized carbons (Fsp3) is 0. The molecule has 0 aliphatic carbocycles. The maximum atomic E-state index is 5.13. The fourth-order valence-electron chi connectivity index (χ4n) is 8.93. The summed E-state index contributed by atoms with van der Waals surface area (Å²) in [5, 5.41) is 7.34. The highest BCUT2D eigenvalue weighted by atomic mass is 15.2. The second-order valence-corrected chi connectivity index (χ2v) is 14.8. The van der Waals surface area contributed by atoms with Gasteiger partial charge in [0.25, 0.3) is 0 Å². The zero-order valence-electron chi connectivity index (χ0n) is 31.3. The Morgan fingerprint density at radius 3 is 1.67 bits per heavy atom. The van der Waals surface area contributed by atoms with Gasteiger partial charge in [-0.05, 0) is 75.5 Å². The average Bonchev–Trinajstić information content (AvgIpc) is 3.82. The van der Waals surface area contributed by atoms with E-state index in [9.17, 15) is 0 Å². The number of benzene rings is 9. The standard InChI is InChI=1S/C53H33N5/c1-4-14-34(15-5-1)38-21-12-22-40(32-38)57-47-25-13-20-35-26-28-43-41(29-31-48(57)50(43)49(35)47)39-27-30-46-44(33-39)42-23-10-11-24-45(42)58(46)53-55-51(36-16-6-2-7-17-36)54-52(56-53)37-18-8-3-9-19-37/h1-33H. The molecule has 0 atom stereocenters. The first kappa shape index (κ1) is 32.4. The summed E-state index contributed by atoms with van der Waals surface area (Å²) in [6, 6.07) is 71.0. The Labute approximate surface area is 334 Å². The van der Waals surface area contributed by atoms with Gasteiger partial charge in [0.1, 0.15) is 0 Å². The quantitative estimate of drug-likeness (QED) is 0.160. The van der Waals surface area contributed by atoms with Crippen molar-refractivity contribution in [1.29, 1.82) is 0 Å². The van der Waals surface area contributed by atoms with Crippen molar-refractivity contribution in [3.05, 3.63) is 200 Å². The lowest BCUT2D eigenvalue weighted by Crippen LogP contribution is -2.06. The molecule has 0 bridgehead atoms. The predicted molar refractivity (Wildman–Crippen MR) is 239 cm³/mol. The van der Waals surface area contributed by atoms with Gasteiger partial charge in [-0.1, -0.05) is 158 Å². The van der Waals surface area contributed by atoms with Gasteiger partial charge in [0, 0.05) is 38.4 Å². The molecule has 3 aromatic heterocycles. The molecule has 0 saturated carbocycles. The Hall–Kier alpha value is -7.89. The van der Waals surface area contributed by atoms with Gasteiger partial charge in [0.2, 0.25) is 5.95 Å². The Kier molecular flexibility index (Phi) is 7.16. The van der Waals surface area contributed by atoms with E-state index >= 15 is 0 Å². The van der Waals surface area contributed by atoms with Crippen molar-refractivity contribution in [3.8, 4) is 56.7 Å². The molecule has 3 heterocycles. The summed E-state index contributed by atoms with van der Waals surface area (Å²) in [6.07, 6.45) is 0. The normalized spacial score (nSPS) is 11.8. The van der Waals surface area contributed by atoms with Crippen LogP contribution in [0.1, 0.15) is 0 Å². The van der Waals surface area contributed by atoms with E-state index in [4.69, 9.17) is 15.0 Å². The molecular weight excluding hydrogens is 707 g/mol. The molecule has 58 heavy (non-hydrogen) atoms. The second kappa shape index (κ2) is 12.8. The third kappa shape index (κ3) is 5.00. The zero-order chi connectivity index (χ0) is 38.2. The number of hydrogen-bond donors (Lipinski definition) is 0. The summed E-state index contributed by atoms with van der Waals surface area (Å²) in [6.45, 7) is 0. The summed E-state index contributed by atoms with van der Waals surface area (Å²) >= 11 is 0. The highest BCUT2D eigenvalue weighted by Gasteiger charge is 2.21. The zero-order valence-corrected chi connectivity index (χ0v) is 31.3. The molecule has 0 amide bonds. The van der Waals surface area contributed by atoms with E-state index in [2.05, 4.69) is 149 Å².